The Kier molecular flexibility index (Phi) is 4.16. The number of hydrogen-bond acceptors (Lipinski definition) is 2. The lowest BCUT2D eigenvalue weighted by atomic mass is 10.1. The van der Waals surface area contributed by atoms with E-state index in [1.807, 2.05) is 6.92 Å². The summed E-state index contributed by atoms with van der Waals surface area (Å²) in [7, 11) is 0. The van der Waals surface area contributed by atoms with Crippen molar-refractivity contribution >= 4 is 11.6 Å². The molecule has 0 spiro atoms. The van der Waals surface area contributed by atoms with Gasteiger partial charge in [-0.1, -0.05) is 20.3 Å². The predicted octanol–water partition coefficient (Wildman–Crippen LogP) is 2.77. The van der Waals surface area contributed by atoms with Crippen LogP contribution in [0.3, 0.4) is 0 Å². The molecule has 2 N–H and O–H groups in total. The van der Waals surface area contributed by atoms with Crippen LogP contribution in [0, 0.1) is 5.92 Å². The summed E-state index contributed by atoms with van der Waals surface area (Å²) in [6.07, 6.45) is 1.90. The van der Waals surface area contributed by atoms with Gasteiger partial charge in [0.1, 0.15) is 5.75 Å². The van der Waals surface area contributed by atoms with E-state index in [4.69, 9.17) is 5.11 Å². The Balaban J connectivity index is 2.54. The standard InChI is InChI=1S/C12H17NO2/c1-3-4-9(2)12(15)13-10-5-7-11(14)8-6-10/h5-9,14H,3-4H2,1-2H3,(H,13,15). The largest absolute Gasteiger partial charge is 0.508 e. The first-order chi connectivity index (χ1) is 7.13. The van der Waals surface area contributed by atoms with E-state index in [1.54, 1.807) is 24.3 Å². The molecule has 0 saturated heterocycles. The van der Waals surface area contributed by atoms with E-state index in [-0.39, 0.29) is 17.6 Å². The van der Waals surface area contributed by atoms with Crippen molar-refractivity contribution in [3.05, 3.63) is 24.3 Å². The van der Waals surface area contributed by atoms with Crippen LogP contribution >= 0.6 is 0 Å². The Morgan fingerprint density at radius 2 is 2.00 bits per heavy atom. The molecule has 0 bridgehead atoms. The highest BCUT2D eigenvalue weighted by molar-refractivity contribution is 5.92. The Morgan fingerprint density at radius 3 is 2.53 bits per heavy atom. The molecule has 15 heavy (non-hydrogen) atoms. The van der Waals surface area contributed by atoms with E-state index in [0.717, 1.165) is 18.5 Å². The molecular formula is C12H17NO2. The van der Waals surface area contributed by atoms with Crippen molar-refractivity contribution in [3.8, 4) is 5.75 Å². The lowest BCUT2D eigenvalue weighted by molar-refractivity contribution is -0.119. The molecule has 3 heteroatoms. The van der Waals surface area contributed by atoms with Gasteiger partial charge in [-0.05, 0) is 30.7 Å². The van der Waals surface area contributed by atoms with Gasteiger partial charge in [0.25, 0.3) is 0 Å². The SMILES string of the molecule is CCCC(C)C(=O)Nc1ccc(O)cc1. The fourth-order valence-corrected chi connectivity index (χ4v) is 1.37. The molecule has 0 aromatic heterocycles. The van der Waals surface area contributed by atoms with E-state index < -0.39 is 0 Å². The van der Waals surface area contributed by atoms with E-state index in [0.29, 0.717) is 0 Å². The van der Waals surface area contributed by atoms with Gasteiger partial charge in [-0.15, -0.1) is 0 Å². The minimum Gasteiger partial charge on any atom is -0.508 e. The molecular weight excluding hydrogens is 190 g/mol. The number of aromatic hydroxyl groups is 1. The van der Waals surface area contributed by atoms with Crippen LogP contribution in [-0.4, -0.2) is 11.0 Å². The normalized spacial score (nSPS) is 12.1. The van der Waals surface area contributed by atoms with Crippen LogP contribution in [-0.2, 0) is 4.79 Å². The Bertz CT molecular complexity index is 319. The lowest BCUT2D eigenvalue weighted by Crippen LogP contribution is -2.20. The fraction of sp³-hybridized carbons (Fsp3) is 0.417. The molecule has 0 fully saturated rings. The first-order valence-electron chi connectivity index (χ1n) is 5.23. The highest BCUT2D eigenvalue weighted by Crippen LogP contribution is 2.15. The van der Waals surface area contributed by atoms with E-state index in [9.17, 15) is 4.79 Å². The molecule has 1 amide bonds. The molecule has 1 atom stereocenters. The molecule has 1 aromatic carbocycles. The fourth-order valence-electron chi connectivity index (χ4n) is 1.37. The highest BCUT2D eigenvalue weighted by atomic mass is 16.3. The zero-order valence-corrected chi connectivity index (χ0v) is 9.16. The summed E-state index contributed by atoms with van der Waals surface area (Å²) < 4.78 is 0. The number of rotatable bonds is 4. The molecule has 0 aliphatic rings. The molecule has 0 heterocycles. The van der Waals surface area contributed by atoms with Crippen LogP contribution in [0.2, 0.25) is 0 Å². The lowest BCUT2D eigenvalue weighted by Gasteiger charge is -2.10. The predicted molar refractivity (Wildman–Crippen MR) is 60.8 cm³/mol. The van der Waals surface area contributed by atoms with Gasteiger partial charge in [-0.2, -0.15) is 0 Å². The van der Waals surface area contributed by atoms with Gasteiger partial charge in [0, 0.05) is 11.6 Å². The smallest absolute Gasteiger partial charge is 0.227 e. The van der Waals surface area contributed by atoms with Gasteiger partial charge in [-0.25, -0.2) is 0 Å². The molecule has 1 rings (SSSR count). The molecule has 1 aromatic rings. The van der Waals surface area contributed by atoms with Crippen LogP contribution in [0.25, 0.3) is 0 Å². The van der Waals surface area contributed by atoms with Crippen LogP contribution in [0.15, 0.2) is 24.3 Å². The summed E-state index contributed by atoms with van der Waals surface area (Å²) >= 11 is 0. The number of phenols is 1. The van der Waals surface area contributed by atoms with E-state index in [2.05, 4.69) is 12.2 Å². The second-order valence-electron chi connectivity index (χ2n) is 3.73. The number of carbonyl (C=O) groups excluding carboxylic acids is 1. The van der Waals surface area contributed by atoms with Crippen molar-refractivity contribution in [2.45, 2.75) is 26.7 Å². The van der Waals surface area contributed by atoms with Crippen molar-refractivity contribution in [3.63, 3.8) is 0 Å². The maximum atomic E-state index is 11.6. The molecule has 3 nitrogen and oxygen atoms in total. The van der Waals surface area contributed by atoms with Crippen molar-refractivity contribution in [1.82, 2.24) is 0 Å². The second kappa shape index (κ2) is 5.39. The first kappa shape index (κ1) is 11.6. The van der Waals surface area contributed by atoms with E-state index >= 15 is 0 Å². The summed E-state index contributed by atoms with van der Waals surface area (Å²) in [6.45, 7) is 3.98. The maximum absolute atomic E-state index is 11.6. The summed E-state index contributed by atoms with van der Waals surface area (Å²) in [5.41, 5.74) is 0.723. The Hall–Kier alpha value is -1.51. The van der Waals surface area contributed by atoms with Crippen molar-refractivity contribution < 1.29 is 9.90 Å². The monoisotopic (exact) mass is 207 g/mol. The van der Waals surface area contributed by atoms with Crippen LogP contribution < -0.4 is 5.32 Å². The number of amides is 1. The average Bonchev–Trinajstić information content (AvgIpc) is 2.22. The highest BCUT2D eigenvalue weighted by Gasteiger charge is 2.11. The number of carbonyl (C=O) groups is 1. The molecule has 0 radical (unpaired) electrons. The number of anilines is 1. The third-order valence-electron chi connectivity index (χ3n) is 2.30. The van der Waals surface area contributed by atoms with Crippen molar-refractivity contribution in [1.29, 1.82) is 0 Å². The summed E-state index contributed by atoms with van der Waals surface area (Å²) in [6, 6.07) is 6.48. The number of benzene rings is 1. The third kappa shape index (κ3) is 3.62. The zero-order chi connectivity index (χ0) is 11.3. The van der Waals surface area contributed by atoms with Gasteiger partial charge < -0.3 is 10.4 Å². The zero-order valence-electron chi connectivity index (χ0n) is 9.16. The minimum absolute atomic E-state index is 0.0301. The maximum Gasteiger partial charge on any atom is 0.227 e. The van der Waals surface area contributed by atoms with Crippen molar-refractivity contribution in [2.24, 2.45) is 5.92 Å². The van der Waals surface area contributed by atoms with Crippen LogP contribution in [0.5, 0.6) is 5.75 Å². The Morgan fingerprint density at radius 1 is 1.40 bits per heavy atom. The minimum atomic E-state index is 0.0301. The van der Waals surface area contributed by atoms with Crippen LogP contribution in [0.1, 0.15) is 26.7 Å². The average molecular weight is 207 g/mol. The molecule has 0 aliphatic heterocycles. The van der Waals surface area contributed by atoms with Gasteiger partial charge in [0.2, 0.25) is 5.91 Å². The molecule has 82 valence electrons. The van der Waals surface area contributed by atoms with Gasteiger partial charge >= 0.3 is 0 Å². The summed E-state index contributed by atoms with van der Waals surface area (Å²) in [5.74, 6) is 0.265. The topological polar surface area (TPSA) is 49.3 Å². The quantitative estimate of drug-likeness (QED) is 0.746. The van der Waals surface area contributed by atoms with Gasteiger partial charge in [0.15, 0.2) is 0 Å². The molecule has 0 saturated carbocycles. The Labute approximate surface area is 90.1 Å². The number of hydrogen-bond donors (Lipinski definition) is 2. The molecule has 0 aliphatic carbocycles. The van der Waals surface area contributed by atoms with Gasteiger partial charge in [0.05, 0.1) is 0 Å². The van der Waals surface area contributed by atoms with Crippen molar-refractivity contribution in [2.75, 3.05) is 5.32 Å². The summed E-state index contributed by atoms with van der Waals surface area (Å²) in [4.78, 5) is 11.6. The molecule has 1 unspecified atom stereocenters. The number of nitrogens with one attached hydrogen (secondary N) is 1. The summed E-state index contributed by atoms with van der Waals surface area (Å²) in [5, 5.41) is 11.9. The van der Waals surface area contributed by atoms with Gasteiger partial charge in [-0.3, -0.25) is 4.79 Å². The number of phenolic OH excluding ortho intramolecular Hbond substituents is 1. The second-order valence-corrected chi connectivity index (χ2v) is 3.73. The third-order valence-corrected chi connectivity index (χ3v) is 2.30. The first-order valence-corrected chi connectivity index (χ1v) is 5.23. The van der Waals surface area contributed by atoms with Crippen LogP contribution in [0.4, 0.5) is 5.69 Å². The van der Waals surface area contributed by atoms with E-state index in [1.165, 1.54) is 0 Å².